The molecule has 0 saturated heterocycles. The molecule has 148 valence electrons. The third-order valence-corrected chi connectivity index (χ3v) is 5.21. The van der Waals surface area contributed by atoms with Crippen LogP contribution in [0.25, 0.3) is 11.4 Å². The standard InChI is InChI=1S/C22H24N6O/c1-16-7-5-6-10-20(16)23-25-22(29)19-13-11-17(12-14-19)15-28-26-21(24-27-28)18-8-3-2-4-9-18/h2-4,8-9,11-14,16H,5-7,10,15H2,1H3,(H,25,29)/t16-/m1/s1. The summed E-state index contributed by atoms with van der Waals surface area (Å²) in [7, 11) is 0. The van der Waals surface area contributed by atoms with Gasteiger partial charge in [-0.15, -0.1) is 10.2 Å². The first-order valence-corrected chi connectivity index (χ1v) is 9.98. The van der Waals surface area contributed by atoms with Crippen LogP contribution < -0.4 is 5.43 Å². The van der Waals surface area contributed by atoms with Gasteiger partial charge in [-0.3, -0.25) is 4.79 Å². The minimum absolute atomic E-state index is 0.188. The molecule has 1 aromatic heterocycles. The lowest BCUT2D eigenvalue weighted by molar-refractivity contribution is 0.0954. The van der Waals surface area contributed by atoms with E-state index in [1.165, 1.54) is 6.42 Å². The second-order valence-corrected chi connectivity index (χ2v) is 7.40. The molecule has 0 spiro atoms. The molecule has 1 atom stereocenters. The molecule has 1 saturated carbocycles. The van der Waals surface area contributed by atoms with Gasteiger partial charge in [-0.25, -0.2) is 5.43 Å². The second-order valence-electron chi connectivity index (χ2n) is 7.40. The normalized spacial score (nSPS) is 18.0. The molecule has 4 rings (SSSR count). The van der Waals surface area contributed by atoms with Crippen LogP contribution in [0, 0.1) is 5.92 Å². The Balaban J connectivity index is 1.37. The average Bonchev–Trinajstić information content (AvgIpc) is 3.23. The number of hydrazone groups is 1. The molecule has 0 bridgehead atoms. The molecule has 1 amide bonds. The Bertz CT molecular complexity index is 994. The monoisotopic (exact) mass is 388 g/mol. The third-order valence-electron chi connectivity index (χ3n) is 5.21. The predicted molar refractivity (Wildman–Crippen MR) is 111 cm³/mol. The van der Waals surface area contributed by atoms with Crippen molar-refractivity contribution in [1.82, 2.24) is 25.6 Å². The number of nitrogens with one attached hydrogen (secondary N) is 1. The summed E-state index contributed by atoms with van der Waals surface area (Å²) in [4.78, 5) is 13.9. The number of hydrogen-bond donors (Lipinski definition) is 1. The molecule has 0 unspecified atom stereocenters. The van der Waals surface area contributed by atoms with Crippen molar-refractivity contribution in [1.29, 1.82) is 0 Å². The van der Waals surface area contributed by atoms with Gasteiger partial charge in [0, 0.05) is 16.8 Å². The lowest BCUT2D eigenvalue weighted by atomic mass is 9.89. The van der Waals surface area contributed by atoms with Crippen molar-refractivity contribution in [3.05, 3.63) is 65.7 Å². The van der Waals surface area contributed by atoms with Gasteiger partial charge < -0.3 is 0 Å². The van der Waals surface area contributed by atoms with E-state index in [9.17, 15) is 4.79 Å². The van der Waals surface area contributed by atoms with Gasteiger partial charge in [0.2, 0.25) is 5.82 Å². The van der Waals surface area contributed by atoms with Gasteiger partial charge in [-0.05, 0) is 48.1 Å². The molecule has 0 radical (unpaired) electrons. The molecule has 7 nitrogen and oxygen atoms in total. The number of hydrogen-bond acceptors (Lipinski definition) is 5. The van der Waals surface area contributed by atoms with E-state index in [4.69, 9.17) is 0 Å². The summed E-state index contributed by atoms with van der Waals surface area (Å²) in [6.07, 6.45) is 4.50. The number of rotatable bonds is 5. The maximum atomic E-state index is 12.4. The first-order valence-electron chi connectivity index (χ1n) is 9.98. The Labute approximate surface area is 169 Å². The van der Waals surface area contributed by atoms with Crippen LogP contribution in [0.15, 0.2) is 59.7 Å². The van der Waals surface area contributed by atoms with E-state index in [2.05, 4.69) is 32.9 Å². The molecule has 1 heterocycles. The molecule has 29 heavy (non-hydrogen) atoms. The van der Waals surface area contributed by atoms with Crippen molar-refractivity contribution in [3.8, 4) is 11.4 Å². The fraction of sp³-hybridized carbons (Fsp3) is 0.318. The van der Waals surface area contributed by atoms with Crippen LogP contribution in [0.1, 0.15) is 48.5 Å². The second kappa shape index (κ2) is 8.77. The van der Waals surface area contributed by atoms with Crippen molar-refractivity contribution < 1.29 is 4.79 Å². The summed E-state index contributed by atoms with van der Waals surface area (Å²) in [6, 6.07) is 17.1. The van der Waals surface area contributed by atoms with Crippen LogP contribution in [0.4, 0.5) is 0 Å². The number of tetrazole rings is 1. The summed E-state index contributed by atoms with van der Waals surface area (Å²) in [5.74, 6) is 0.854. The molecule has 1 fully saturated rings. The smallest absolute Gasteiger partial charge is 0.267 e. The van der Waals surface area contributed by atoms with Crippen molar-refractivity contribution in [2.75, 3.05) is 0 Å². The highest BCUT2D eigenvalue weighted by Crippen LogP contribution is 2.20. The Morgan fingerprint density at radius 1 is 1.14 bits per heavy atom. The number of nitrogens with zero attached hydrogens (tertiary/aromatic N) is 5. The SMILES string of the molecule is C[C@@H]1CCCCC1=NNC(=O)c1ccc(Cn2nnc(-c3ccccc3)n2)cc1. The van der Waals surface area contributed by atoms with Gasteiger partial charge >= 0.3 is 0 Å². The number of amides is 1. The first kappa shape index (κ1) is 19.0. The van der Waals surface area contributed by atoms with Crippen molar-refractivity contribution >= 4 is 11.6 Å². The summed E-state index contributed by atoms with van der Waals surface area (Å²) >= 11 is 0. The minimum atomic E-state index is -0.188. The highest BCUT2D eigenvalue weighted by Gasteiger charge is 2.16. The fourth-order valence-electron chi connectivity index (χ4n) is 3.46. The van der Waals surface area contributed by atoms with Crippen molar-refractivity contribution in [2.45, 2.75) is 39.2 Å². The third kappa shape index (κ3) is 4.74. The van der Waals surface area contributed by atoms with E-state index >= 15 is 0 Å². The molecular weight excluding hydrogens is 364 g/mol. The summed E-state index contributed by atoms with van der Waals surface area (Å²) in [5, 5.41) is 17.0. The number of carbonyl (C=O) groups excluding carboxylic acids is 1. The summed E-state index contributed by atoms with van der Waals surface area (Å²) in [5.41, 5.74) is 6.29. The van der Waals surface area contributed by atoms with Gasteiger partial charge in [-0.1, -0.05) is 55.8 Å². The minimum Gasteiger partial charge on any atom is -0.267 e. The van der Waals surface area contributed by atoms with Crippen LogP contribution in [0.3, 0.4) is 0 Å². The molecule has 0 aliphatic heterocycles. The highest BCUT2D eigenvalue weighted by atomic mass is 16.2. The molecule has 1 N–H and O–H groups in total. The Kier molecular flexibility index (Phi) is 5.74. The summed E-state index contributed by atoms with van der Waals surface area (Å²) < 4.78 is 0. The predicted octanol–water partition coefficient (Wildman–Crippen LogP) is 3.68. The van der Waals surface area contributed by atoms with Crippen molar-refractivity contribution in [3.63, 3.8) is 0 Å². The van der Waals surface area contributed by atoms with Gasteiger partial charge in [0.15, 0.2) is 0 Å². The van der Waals surface area contributed by atoms with Crippen LogP contribution in [0.2, 0.25) is 0 Å². The zero-order valence-corrected chi connectivity index (χ0v) is 16.5. The van der Waals surface area contributed by atoms with E-state index in [0.717, 1.165) is 36.1 Å². The Hall–Kier alpha value is -3.35. The number of benzene rings is 2. The zero-order valence-electron chi connectivity index (χ0n) is 16.5. The van der Waals surface area contributed by atoms with E-state index in [1.54, 1.807) is 16.9 Å². The average molecular weight is 388 g/mol. The quantitative estimate of drug-likeness (QED) is 0.676. The van der Waals surface area contributed by atoms with E-state index < -0.39 is 0 Å². The number of aromatic nitrogens is 4. The number of carbonyl (C=O) groups is 1. The highest BCUT2D eigenvalue weighted by molar-refractivity contribution is 5.95. The van der Waals surface area contributed by atoms with Crippen LogP contribution in [-0.4, -0.2) is 31.8 Å². The van der Waals surface area contributed by atoms with Gasteiger partial charge in [0.1, 0.15) is 0 Å². The largest absolute Gasteiger partial charge is 0.271 e. The molecular formula is C22H24N6O. The van der Waals surface area contributed by atoms with E-state index in [1.807, 2.05) is 42.5 Å². The van der Waals surface area contributed by atoms with Crippen LogP contribution in [0.5, 0.6) is 0 Å². The fourth-order valence-corrected chi connectivity index (χ4v) is 3.46. The molecule has 1 aliphatic carbocycles. The lowest BCUT2D eigenvalue weighted by Gasteiger charge is -2.19. The Morgan fingerprint density at radius 2 is 1.93 bits per heavy atom. The van der Waals surface area contributed by atoms with Crippen LogP contribution >= 0.6 is 0 Å². The zero-order chi connectivity index (χ0) is 20.1. The lowest BCUT2D eigenvalue weighted by Crippen LogP contribution is -2.24. The molecule has 2 aromatic carbocycles. The Morgan fingerprint density at radius 3 is 2.69 bits per heavy atom. The van der Waals surface area contributed by atoms with Gasteiger partial charge in [0.05, 0.1) is 6.54 Å². The molecule has 3 aromatic rings. The maximum Gasteiger partial charge on any atom is 0.271 e. The van der Waals surface area contributed by atoms with Crippen LogP contribution in [-0.2, 0) is 6.54 Å². The van der Waals surface area contributed by atoms with Crippen molar-refractivity contribution in [2.24, 2.45) is 11.0 Å². The van der Waals surface area contributed by atoms with E-state index in [0.29, 0.717) is 23.9 Å². The van der Waals surface area contributed by atoms with Gasteiger partial charge in [-0.2, -0.15) is 9.90 Å². The maximum absolute atomic E-state index is 12.4. The van der Waals surface area contributed by atoms with E-state index in [-0.39, 0.29) is 5.91 Å². The topological polar surface area (TPSA) is 85.1 Å². The van der Waals surface area contributed by atoms with Gasteiger partial charge in [0.25, 0.3) is 5.91 Å². The first-order chi connectivity index (χ1) is 14.2. The molecule has 1 aliphatic rings. The molecule has 7 heteroatoms. The summed E-state index contributed by atoms with van der Waals surface area (Å²) in [6.45, 7) is 2.65.